The summed E-state index contributed by atoms with van der Waals surface area (Å²) in [5, 5.41) is 5.12. The van der Waals surface area contributed by atoms with Gasteiger partial charge in [0.2, 0.25) is 15.9 Å². The maximum Gasteiger partial charge on any atom is 0.313 e. The third kappa shape index (κ3) is 5.43. The van der Waals surface area contributed by atoms with Crippen molar-refractivity contribution in [3.8, 4) is 0 Å². The number of sulfonamides is 1. The maximum atomic E-state index is 12.6. The number of anilines is 2. The third-order valence-corrected chi connectivity index (χ3v) is 9.26. The molecule has 1 saturated carbocycles. The molecule has 34 heavy (non-hydrogen) atoms. The number of nitrogens with one attached hydrogen (secondary N) is 2. The lowest BCUT2D eigenvalue weighted by Crippen LogP contribution is -2.44. The summed E-state index contributed by atoms with van der Waals surface area (Å²) in [7, 11) is -3.16. The largest absolute Gasteiger partial charge is 0.348 e. The van der Waals surface area contributed by atoms with Gasteiger partial charge in [0, 0.05) is 43.5 Å². The van der Waals surface area contributed by atoms with Crippen molar-refractivity contribution < 1.29 is 22.8 Å². The quantitative estimate of drug-likeness (QED) is 0.591. The Morgan fingerprint density at radius 1 is 1.03 bits per heavy atom. The van der Waals surface area contributed by atoms with Gasteiger partial charge in [-0.25, -0.2) is 12.7 Å². The van der Waals surface area contributed by atoms with Gasteiger partial charge < -0.3 is 15.5 Å². The molecule has 0 bridgehead atoms. The number of rotatable bonds is 6. The standard InChI is InChI=1S/C24H34N4O5S/c1-16(2)24(31)28-11-3-4-18-5-6-19(14-21(18)28)26-23(30)22(29)25-15-17-9-12-27(13-10-17)34(32,33)20-7-8-20/h5-6,14,16-17,20H,3-4,7-13,15H2,1-2H3,(H,25,29)(H,26,30). The van der Waals surface area contributed by atoms with E-state index < -0.39 is 21.8 Å². The molecule has 1 aromatic carbocycles. The van der Waals surface area contributed by atoms with Gasteiger partial charge in [-0.15, -0.1) is 0 Å². The van der Waals surface area contributed by atoms with Crippen molar-refractivity contribution in [3.63, 3.8) is 0 Å². The van der Waals surface area contributed by atoms with Crippen molar-refractivity contribution in [2.75, 3.05) is 36.4 Å². The molecule has 0 aromatic heterocycles. The number of hydrogen-bond acceptors (Lipinski definition) is 5. The molecule has 4 rings (SSSR count). The molecule has 186 valence electrons. The van der Waals surface area contributed by atoms with E-state index in [9.17, 15) is 22.8 Å². The Morgan fingerprint density at radius 3 is 2.38 bits per heavy atom. The molecule has 9 nitrogen and oxygen atoms in total. The highest BCUT2D eigenvalue weighted by Gasteiger charge is 2.41. The fourth-order valence-corrected chi connectivity index (χ4v) is 6.52. The van der Waals surface area contributed by atoms with Crippen molar-refractivity contribution in [2.45, 2.75) is 57.6 Å². The lowest BCUT2D eigenvalue weighted by atomic mass is 9.98. The van der Waals surface area contributed by atoms with E-state index in [1.807, 2.05) is 19.9 Å². The number of benzene rings is 1. The van der Waals surface area contributed by atoms with Gasteiger partial charge in [0.25, 0.3) is 0 Å². The second kappa shape index (κ2) is 10.0. The number of aryl methyl sites for hydroxylation is 1. The monoisotopic (exact) mass is 490 g/mol. The van der Waals surface area contributed by atoms with Gasteiger partial charge in [-0.3, -0.25) is 14.4 Å². The summed E-state index contributed by atoms with van der Waals surface area (Å²) in [4.78, 5) is 39.2. The smallest absolute Gasteiger partial charge is 0.313 e. The maximum absolute atomic E-state index is 12.6. The summed E-state index contributed by atoms with van der Waals surface area (Å²) >= 11 is 0. The van der Waals surface area contributed by atoms with E-state index >= 15 is 0 Å². The zero-order valence-electron chi connectivity index (χ0n) is 19.9. The van der Waals surface area contributed by atoms with E-state index in [0.717, 1.165) is 36.9 Å². The molecule has 0 radical (unpaired) electrons. The number of fused-ring (bicyclic) bond motifs is 1. The summed E-state index contributed by atoms with van der Waals surface area (Å²) < 4.78 is 26.3. The topological polar surface area (TPSA) is 116 Å². The zero-order valence-corrected chi connectivity index (χ0v) is 20.7. The fraction of sp³-hybridized carbons (Fsp3) is 0.625. The van der Waals surface area contributed by atoms with E-state index in [4.69, 9.17) is 0 Å². The van der Waals surface area contributed by atoms with Crippen molar-refractivity contribution in [1.29, 1.82) is 0 Å². The number of nitrogens with zero attached hydrogens (tertiary/aromatic N) is 2. The van der Waals surface area contributed by atoms with Crippen LogP contribution in [0.1, 0.15) is 51.5 Å². The third-order valence-electron chi connectivity index (χ3n) is 6.86. The van der Waals surface area contributed by atoms with Gasteiger partial charge >= 0.3 is 11.8 Å². The first-order valence-electron chi connectivity index (χ1n) is 12.2. The molecule has 2 aliphatic heterocycles. The molecule has 3 aliphatic rings. The number of amides is 3. The fourth-order valence-electron chi connectivity index (χ4n) is 4.64. The van der Waals surface area contributed by atoms with E-state index in [2.05, 4.69) is 10.6 Å². The zero-order chi connectivity index (χ0) is 24.5. The van der Waals surface area contributed by atoms with Gasteiger partial charge in [-0.2, -0.15) is 0 Å². The summed E-state index contributed by atoms with van der Waals surface area (Å²) in [5.41, 5.74) is 2.31. The molecule has 0 unspecified atom stereocenters. The Bertz CT molecular complexity index is 1060. The first kappa shape index (κ1) is 24.7. The Balaban J connectivity index is 1.28. The van der Waals surface area contributed by atoms with Crippen LogP contribution in [-0.2, 0) is 30.8 Å². The molecule has 1 aliphatic carbocycles. The van der Waals surface area contributed by atoms with Crippen LogP contribution in [0, 0.1) is 11.8 Å². The van der Waals surface area contributed by atoms with Gasteiger partial charge in [0.15, 0.2) is 0 Å². The average Bonchev–Trinajstić information content (AvgIpc) is 3.68. The Kier molecular flexibility index (Phi) is 7.28. The van der Waals surface area contributed by atoms with Crippen LogP contribution in [-0.4, -0.2) is 61.9 Å². The van der Waals surface area contributed by atoms with Crippen LogP contribution in [0.4, 0.5) is 11.4 Å². The molecule has 2 fully saturated rings. The molecule has 0 spiro atoms. The minimum atomic E-state index is -3.16. The lowest BCUT2D eigenvalue weighted by Gasteiger charge is -2.31. The molecule has 2 heterocycles. The summed E-state index contributed by atoms with van der Waals surface area (Å²) in [6, 6.07) is 5.41. The van der Waals surface area contributed by atoms with Crippen LogP contribution in [0.25, 0.3) is 0 Å². The first-order valence-corrected chi connectivity index (χ1v) is 13.7. The number of carbonyl (C=O) groups excluding carboxylic acids is 3. The Labute approximate surface area is 201 Å². The highest BCUT2D eigenvalue weighted by molar-refractivity contribution is 7.90. The number of piperidine rings is 1. The van der Waals surface area contributed by atoms with E-state index in [1.165, 1.54) is 0 Å². The summed E-state index contributed by atoms with van der Waals surface area (Å²) in [6.07, 6.45) is 4.60. The van der Waals surface area contributed by atoms with Crippen LogP contribution in [0.15, 0.2) is 18.2 Å². The normalized spacial score (nSPS) is 19.6. The highest BCUT2D eigenvalue weighted by Crippen LogP contribution is 2.33. The van der Waals surface area contributed by atoms with E-state index in [0.29, 0.717) is 44.7 Å². The Morgan fingerprint density at radius 2 is 1.74 bits per heavy atom. The van der Waals surface area contributed by atoms with Gasteiger partial charge in [0.05, 0.1) is 5.25 Å². The molecular formula is C24H34N4O5S. The summed E-state index contributed by atoms with van der Waals surface area (Å²) in [5.74, 6) is -1.43. The molecule has 10 heteroatoms. The second-order valence-corrected chi connectivity index (χ2v) is 12.1. The molecule has 1 aromatic rings. The van der Waals surface area contributed by atoms with Crippen LogP contribution >= 0.6 is 0 Å². The van der Waals surface area contributed by atoms with E-state index in [1.54, 1.807) is 21.3 Å². The lowest BCUT2D eigenvalue weighted by molar-refractivity contribution is -0.136. The van der Waals surface area contributed by atoms with Crippen LogP contribution in [0.5, 0.6) is 0 Å². The second-order valence-electron chi connectivity index (χ2n) is 9.84. The number of hydrogen-bond donors (Lipinski definition) is 2. The predicted octanol–water partition coefficient (Wildman–Crippen LogP) is 1.88. The van der Waals surface area contributed by atoms with Crippen LogP contribution < -0.4 is 15.5 Å². The van der Waals surface area contributed by atoms with Gasteiger partial charge in [-0.05, 0) is 62.1 Å². The van der Waals surface area contributed by atoms with Crippen molar-refractivity contribution in [2.24, 2.45) is 11.8 Å². The highest BCUT2D eigenvalue weighted by atomic mass is 32.2. The minimum Gasteiger partial charge on any atom is -0.348 e. The molecule has 1 saturated heterocycles. The SMILES string of the molecule is CC(C)C(=O)N1CCCc2ccc(NC(=O)C(=O)NCC3CCN(S(=O)(=O)C4CC4)CC3)cc21. The van der Waals surface area contributed by atoms with Crippen molar-refractivity contribution in [3.05, 3.63) is 23.8 Å². The van der Waals surface area contributed by atoms with Gasteiger partial charge in [0.1, 0.15) is 0 Å². The molecular weight excluding hydrogens is 456 g/mol. The number of carbonyl (C=O) groups is 3. The van der Waals surface area contributed by atoms with Crippen molar-refractivity contribution in [1.82, 2.24) is 9.62 Å². The average molecular weight is 491 g/mol. The van der Waals surface area contributed by atoms with Crippen molar-refractivity contribution >= 4 is 39.1 Å². The van der Waals surface area contributed by atoms with Gasteiger partial charge in [-0.1, -0.05) is 19.9 Å². The molecule has 0 atom stereocenters. The van der Waals surface area contributed by atoms with Crippen LogP contribution in [0.3, 0.4) is 0 Å². The summed E-state index contributed by atoms with van der Waals surface area (Å²) in [6.45, 7) is 5.64. The predicted molar refractivity (Wildman–Crippen MR) is 130 cm³/mol. The molecule has 3 amide bonds. The van der Waals surface area contributed by atoms with Crippen LogP contribution in [0.2, 0.25) is 0 Å². The minimum absolute atomic E-state index is 0.0400. The van der Waals surface area contributed by atoms with E-state index in [-0.39, 0.29) is 23.0 Å². The first-order chi connectivity index (χ1) is 16.2. The Hall–Kier alpha value is -2.46. The molecule has 2 N–H and O–H groups in total.